The van der Waals surface area contributed by atoms with Gasteiger partial charge in [0.1, 0.15) is 55.6 Å². The molecule has 0 bridgehead atoms. The molecule has 11 N–H and O–H groups in total. The zero-order valence-electron chi connectivity index (χ0n) is 27.6. The Morgan fingerprint density at radius 2 is 1.60 bits per heavy atom. The van der Waals surface area contributed by atoms with Gasteiger partial charge in [0.2, 0.25) is 11.8 Å². The van der Waals surface area contributed by atoms with Crippen LogP contribution in [0, 0.1) is 12.3 Å². The third-order valence-electron chi connectivity index (χ3n) is 8.61. The van der Waals surface area contributed by atoms with E-state index in [4.69, 9.17) is 25.4 Å². The topological polar surface area (TPSA) is 294 Å². The number of carboxylic acids is 1. The number of hydrogen-bond acceptors (Lipinski definition) is 15. The summed E-state index contributed by atoms with van der Waals surface area (Å²) in [5.41, 5.74) is 2.27. The number of aromatic hydroxyl groups is 1. The van der Waals surface area contributed by atoms with E-state index in [9.17, 15) is 60.3 Å². The van der Waals surface area contributed by atoms with Crippen molar-refractivity contribution in [3.8, 4) is 29.2 Å². The van der Waals surface area contributed by atoms with Crippen LogP contribution in [0.15, 0.2) is 48.5 Å². The quantitative estimate of drug-likeness (QED) is 0.0786. The maximum absolute atomic E-state index is 12.7. The molecule has 2 aromatic carbocycles. The largest absolute Gasteiger partial charge is 0.508 e. The highest BCUT2D eigenvalue weighted by Crippen LogP contribution is 2.35. The lowest BCUT2D eigenvalue weighted by molar-refractivity contribution is -0.337. The van der Waals surface area contributed by atoms with E-state index in [-0.39, 0.29) is 18.8 Å². The van der Waals surface area contributed by atoms with Gasteiger partial charge in [-0.1, -0.05) is 42.3 Å². The SMILES string of the molecule is C#CCO[C@@H]1O[C@H](CO[C@]2(C(=O)O)C[C@H](O)[C@@H](NC(=O)CO)[C@H]([C@H](O)[C@H](O)CNC(=O)Cc3ccc(-c4ccc(O)cc4)cc3)O2)[C@H](O)[C@H](O)[C@H]1O. The van der Waals surface area contributed by atoms with Gasteiger partial charge in [-0.05, 0) is 28.8 Å². The van der Waals surface area contributed by atoms with E-state index >= 15 is 0 Å². The summed E-state index contributed by atoms with van der Waals surface area (Å²) in [6, 6.07) is 11.9. The molecule has 2 amide bonds. The van der Waals surface area contributed by atoms with Crippen molar-refractivity contribution in [2.75, 3.05) is 26.4 Å². The summed E-state index contributed by atoms with van der Waals surface area (Å²) in [7, 11) is 0. The molecule has 0 aromatic heterocycles. The van der Waals surface area contributed by atoms with Crippen molar-refractivity contribution in [2.24, 2.45) is 0 Å². The molecule has 0 aliphatic carbocycles. The lowest BCUT2D eigenvalue weighted by Crippen LogP contribution is -2.69. The molecule has 284 valence electrons. The van der Waals surface area contributed by atoms with Gasteiger partial charge in [0.25, 0.3) is 5.79 Å². The fourth-order valence-corrected chi connectivity index (χ4v) is 5.76. The molecule has 0 spiro atoms. The number of ether oxygens (including phenoxy) is 4. The second-order valence-corrected chi connectivity index (χ2v) is 12.3. The van der Waals surface area contributed by atoms with Gasteiger partial charge in [-0.3, -0.25) is 9.59 Å². The number of aliphatic hydroxyl groups excluding tert-OH is 7. The average molecular weight is 735 g/mol. The molecule has 0 saturated carbocycles. The number of terminal acetylenes is 1. The molecule has 4 rings (SSSR count). The number of carbonyl (C=O) groups excluding carboxylic acids is 2. The first-order chi connectivity index (χ1) is 24.7. The predicted molar refractivity (Wildman–Crippen MR) is 175 cm³/mol. The molecule has 52 heavy (non-hydrogen) atoms. The lowest BCUT2D eigenvalue weighted by atomic mass is 9.88. The highest BCUT2D eigenvalue weighted by molar-refractivity contribution is 5.79. The van der Waals surface area contributed by atoms with Crippen molar-refractivity contribution < 1.29 is 79.3 Å². The maximum Gasteiger partial charge on any atom is 0.364 e. The highest BCUT2D eigenvalue weighted by atomic mass is 16.7. The van der Waals surface area contributed by atoms with E-state index in [1.807, 2.05) is 0 Å². The van der Waals surface area contributed by atoms with Crippen molar-refractivity contribution in [2.45, 2.75) is 79.8 Å². The minimum atomic E-state index is -2.82. The zero-order chi connectivity index (χ0) is 38.2. The number of rotatable bonds is 15. The number of aliphatic carboxylic acids is 1. The summed E-state index contributed by atoms with van der Waals surface area (Å²) < 4.78 is 21.7. The molecule has 2 heterocycles. The van der Waals surface area contributed by atoms with Crippen LogP contribution in [0.1, 0.15) is 12.0 Å². The second-order valence-electron chi connectivity index (χ2n) is 12.3. The Bertz CT molecular complexity index is 1550. The second kappa shape index (κ2) is 18.0. The molecular formula is C34H42N2O16. The number of benzene rings is 2. The van der Waals surface area contributed by atoms with Crippen LogP contribution < -0.4 is 10.6 Å². The minimum absolute atomic E-state index is 0.117. The van der Waals surface area contributed by atoms with Gasteiger partial charge in [-0.15, -0.1) is 6.42 Å². The molecule has 18 heteroatoms. The van der Waals surface area contributed by atoms with Crippen LogP contribution in [0.5, 0.6) is 5.75 Å². The van der Waals surface area contributed by atoms with Crippen LogP contribution in [-0.4, -0.2) is 157 Å². The van der Waals surface area contributed by atoms with Gasteiger partial charge in [0, 0.05) is 13.0 Å². The third-order valence-corrected chi connectivity index (χ3v) is 8.61. The van der Waals surface area contributed by atoms with E-state index in [0.717, 1.165) is 11.1 Å². The Morgan fingerprint density at radius 3 is 2.19 bits per heavy atom. The number of phenolic OH excluding ortho intramolecular Hbond substituents is 1. The number of nitrogens with one attached hydrogen (secondary N) is 2. The van der Waals surface area contributed by atoms with E-state index in [0.29, 0.717) is 5.56 Å². The average Bonchev–Trinajstić information content (AvgIpc) is 3.13. The summed E-state index contributed by atoms with van der Waals surface area (Å²) in [4.78, 5) is 37.4. The van der Waals surface area contributed by atoms with Crippen molar-refractivity contribution in [3.63, 3.8) is 0 Å². The molecule has 2 saturated heterocycles. The van der Waals surface area contributed by atoms with E-state index < -0.39 is 111 Å². The van der Waals surface area contributed by atoms with Crippen LogP contribution in [-0.2, 0) is 39.8 Å². The summed E-state index contributed by atoms with van der Waals surface area (Å²) in [5.74, 6) is -4.03. The van der Waals surface area contributed by atoms with Gasteiger partial charge < -0.3 is 75.5 Å². The number of carbonyl (C=O) groups is 3. The molecule has 0 unspecified atom stereocenters. The summed E-state index contributed by atoms with van der Waals surface area (Å²) in [6.07, 6.45) is -12.1. The molecule has 2 aliphatic rings. The molecule has 2 aromatic rings. The lowest BCUT2D eigenvalue weighted by Gasteiger charge is -2.47. The van der Waals surface area contributed by atoms with Crippen LogP contribution >= 0.6 is 0 Å². The highest BCUT2D eigenvalue weighted by Gasteiger charge is 2.57. The van der Waals surface area contributed by atoms with Crippen LogP contribution in [0.4, 0.5) is 0 Å². The molecule has 11 atom stereocenters. The van der Waals surface area contributed by atoms with E-state index in [2.05, 4.69) is 16.6 Å². The Hall–Kier alpha value is -4.23. The summed E-state index contributed by atoms with van der Waals surface area (Å²) >= 11 is 0. The number of hydrogen-bond donors (Lipinski definition) is 11. The zero-order valence-corrected chi connectivity index (χ0v) is 27.6. The normalized spacial score (nSPS) is 30.0. The molecule has 2 aliphatic heterocycles. The Morgan fingerprint density at radius 1 is 0.962 bits per heavy atom. The van der Waals surface area contributed by atoms with Crippen molar-refractivity contribution in [1.29, 1.82) is 0 Å². The number of aliphatic hydroxyl groups is 7. The Balaban J connectivity index is 1.44. The predicted octanol–water partition coefficient (Wildman–Crippen LogP) is -3.68. The van der Waals surface area contributed by atoms with Crippen molar-refractivity contribution >= 4 is 17.8 Å². The minimum Gasteiger partial charge on any atom is -0.508 e. The first kappa shape index (κ1) is 40.5. The standard InChI is InChI=1S/C34H42N2O16/c1-2-11-49-32-30(46)29(45)28(44)23(51-32)16-50-34(33(47)48)13-21(39)26(36-25(42)15-37)31(52-34)27(43)22(40)14-35-24(41)12-17-3-5-18(6-4-17)19-7-9-20(38)10-8-19/h1,3-10,21-23,26-32,37-40,43-46H,11-16H2,(H,35,41)(H,36,42)(H,47,48)/t21-,22+,23+,26+,27+,28-,29-,30+,31+,32+,34+/m0/s1. The number of carboxylic acid groups (broad SMARTS) is 1. The maximum atomic E-state index is 12.7. The molecule has 18 nitrogen and oxygen atoms in total. The summed E-state index contributed by atoms with van der Waals surface area (Å²) in [6.45, 7) is -2.87. The third kappa shape index (κ3) is 9.80. The first-order valence-electron chi connectivity index (χ1n) is 16.1. The van der Waals surface area contributed by atoms with Gasteiger partial charge >= 0.3 is 5.97 Å². The first-order valence-corrected chi connectivity index (χ1v) is 16.1. The summed E-state index contributed by atoms with van der Waals surface area (Å²) in [5, 5.41) is 97.5. The van der Waals surface area contributed by atoms with Crippen molar-refractivity contribution in [3.05, 3.63) is 54.1 Å². The van der Waals surface area contributed by atoms with Crippen LogP contribution in [0.2, 0.25) is 0 Å². The van der Waals surface area contributed by atoms with Crippen LogP contribution in [0.3, 0.4) is 0 Å². The monoisotopic (exact) mass is 734 g/mol. The molecule has 2 fully saturated rings. The molecular weight excluding hydrogens is 692 g/mol. The Kier molecular flexibility index (Phi) is 14.0. The smallest absolute Gasteiger partial charge is 0.364 e. The van der Waals surface area contributed by atoms with Gasteiger partial charge in [-0.25, -0.2) is 4.79 Å². The fraction of sp³-hybridized carbons (Fsp3) is 0.500. The van der Waals surface area contributed by atoms with Gasteiger partial charge in [0.15, 0.2) is 6.29 Å². The molecule has 0 radical (unpaired) electrons. The fourth-order valence-electron chi connectivity index (χ4n) is 5.76. The van der Waals surface area contributed by atoms with E-state index in [1.54, 1.807) is 36.4 Å². The van der Waals surface area contributed by atoms with Crippen molar-refractivity contribution in [1.82, 2.24) is 10.6 Å². The Labute approximate surface area is 297 Å². The van der Waals surface area contributed by atoms with Gasteiger partial charge in [0.05, 0.1) is 31.3 Å². The van der Waals surface area contributed by atoms with Gasteiger partial charge in [-0.2, -0.15) is 0 Å². The van der Waals surface area contributed by atoms with E-state index in [1.165, 1.54) is 12.1 Å². The number of phenols is 1. The number of amides is 2. The van der Waals surface area contributed by atoms with Crippen LogP contribution in [0.25, 0.3) is 11.1 Å².